The van der Waals surface area contributed by atoms with E-state index in [1.54, 1.807) is 4.90 Å². The Balaban J connectivity index is 2.11. The molecule has 0 spiro atoms. The van der Waals surface area contributed by atoms with E-state index in [4.69, 9.17) is 0 Å². The predicted octanol–water partition coefficient (Wildman–Crippen LogP) is 1.96. The van der Waals surface area contributed by atoms with Crippen LogP contribution in [-0.2, 0) is 6.54 Å². The zero-order valence-electron chi connectivity index (χ0n) is 11.4. The van der Waals surface area contributed by atoms with Crippen LogP contribution >= 0.6 is 0 Å². The van der Waals surface area contributed by atoms with Crippen molar-refractivity contribution in [3.8, 4) is 0 Å². The van der Waals surface area contributed by atoms with E-state index in [1.165, 1.54) is 0 Å². The lowest BCUT2D eigenvalue weighted by atomic mass is 10.1. The van der Waals surface area contributed by atoms with Crippen LogP contribution in [0.3, 0.4) is 0 Å². The zero-order chi connectivity index (χ0) is 13.1. The lowest BCUT2D eigenvalue weighted by Crippen LogP contribution is -2.35. The Morgan fingerprint density at radius 1 is 1.67 bits per heavy atom. The van der Waals surface area contributed by atoms with Crippen LogP contribution < -0.4 is 5.32 Å². The number of hydrogen-bond acceptors (Lipinski definition) is 3. The molecule has 0 bridgehead atoms. The number of carbonyl (C=O) groups is 1. The van der Waals surface area contributed by atoms with E-state index in [9.17, 15) is 4.79 Å². The zero-order valence-corrected chi connectivity index (χ0v) is 11.4. The van der Waals surface area contributed by atoms with Crippen molar-refractivity contribution in [2.45, 2.75) is 45.7 Å². The van der Waals surface area contributed by atoms with Gasteiger partial charge in [0, 0.05) is 32.4 Å². The van der Waals surface area contributed by atoms with Crippen LogP contribution in [0.25, 0.3) is 0 Å². The molecule has 100 valence electrons. The van der Waals surface area contributed by atoms with Gasteiger partial charge >= 0.3 is 0 Å². The second-order valence-electron chi connectivity index (χ2n) is 4.98. The van der Waals surface area contributed by atoms with Gasteiger partial charge in [0.05, 0.1) is 0 Å². The minimum atomic E-state index is 0.0136. The van der Waals surface area contributed by atoms with Crippen molar-refractivity contribution < 1.29 is 4.79 Å². The Kier molecular flexibility index (Phi) is 3.89. The maximum Gasteiger partial charge on any atom is 0.274 e. The molecule has 1 aliphatic rings. The van der Waals surface area contributed by atoms with Crippen LogP contribution in [-0.4, -0.2) is 40.0 Å². The van der Waals surface area contributed by atoms with Crippen molar-refractivity contribution in [3.05, 3.63) is 11.9 Å². The molecule has 0 fully saturated rings. The van der Waals surface area contributed by atoms with Crippen LogP contribution in [0.1, 0.15) is 43.6 Å². The Labute approximate surface area is 108 Å². The summed E-state index contributed by atoms with van der Waals surface area (Å²) < 4.78 is 2.02. The van der Waals surface area contributed by atoms with Gasteiger partial charge in [0.1, 0.15) is 5.69 Å². The van der Waals surface area contributed by atoms with Crippen molar-refractivity contribution >= 4 is 11.9 Å². The van der Waals surface area contributed by atoms with Gasteiger partial charge in [0.15, 0.2) is 0 Å². The largest absolute Gasteiger partial charge is 0.356 e. The first kappa shape index (κ1) is 12.9. The third-order valence-corrected chi connectivity index (χ3v) is 3.54. The number of nitrogens with zero attached hydrogens (tertiary/aromatic N) is 3. The number of hydrogen-bond donors (Lipinski definition) is 1. The maximum absolute atomic E-state index is 12.3. The highest BCUT2D eigenvalue weighted by Gasteiger charge is 2.21. The molecule has 0 aromatic carbocycles. The molecular formula is C13H22N4O. The minimum absolute atomic E-state index is 0.0136. The lowest BCUT2D eigenvalue weighted by Gasteiger charge is -2.23. The first-order chi connectivity index (χ1) is 8.63. The molecule has 1 aromatic rings. The second-order valence-corrected chi connectivity index (χ2v) is 4.98. The number of fused-ring (bicyclic) bond motifs is 1. The summed E-state index contributed by atoms with van der Waals surface area (Å²) in [5, 5.41) is 3.21. The van der Waals surface area contributed by atoms with Crippen molar-refractivity contribution in [1.29, 1.82) is 0 Å². The maximum atomic E-state index is 12.3. The summed E-state index contributed by atoms with van der Waals surface area (Å²) in [5.41, 5.74) is 0.546. The van der Waals surface area contributed by atoms with E-state index in [2.05, 4.69) is 24.1 Å². The van der Waals surface area contributed by atoms with E-state index in [1.807, 2.05) is 17.8 Å². The highest BCUT2D eigenvalue weighted by molar-refractivity contribution is 5.92. The van der Waals surface area contributed by atoms with Crippen LogP contribution in [0.5, 0.6) is 0 Å². The van der Waals surface area contributed by atoms with Gasteiger partial charge < -0.3 is 14.8 Å². The molecule has 0 radical (unpaired) electrons. The van der Waals surface area contributed by atoms with Crippen molar-refractivity contribution in [2.24, 2.45) is 0 Å². The predicted molar refractivity (Wildman–Crippen MR) is 71.8 cm³/mol. The summed E-state index contributed by atoms with van der Waals surface area (Å²) in [7, 11) is 1.86. The van der Waals surface area contributed by atoms with Crippen LogP contribution in [0.4, 0.5) is 5.95 Å². The highest BCUT2D eigenvalue weighted by atomic mass is 16.2. The number of anilines is 1. The number of rotatable bonds is 4. The summed E-state index contributed by atoms with van der Waals surface area (Å²) in [4.78, 5) is 18.5. The topological polar surface area (TPSA) is 50.2 Å². The van der Waals surface area contributed by atoms with E-state index in [-0.39, 0.29) is 11.9 Å². The average molecular weight is 250 g/mol. The first-order valence-corrected chi connectivity index (χ1v) is 6.71. The smallest absolute Gasteiger partial charge is 0.274 e. The quantitative estimate of drug-likeness (QED) is 0.888. The molecule has 0 saturated carbocycles. The molecule has 0 saturated heterocycles. The molecule has 1 unspecified atom stereocenters. The summed E-state index contributed by atoms with van der Waals surface area (Å²) in [6.45, 7) is 6.09. The van der Waals surface area contributed by atoms with Gasteiger partial charge in [-0.1, -0.05) is 13.3 Å². The fourth-order valence-corrected chi connectivity index (χ4v) is 2.27. The molecule has 2 rings (SSSR count). The number of aryl methyl sites for hydroxylation is 1. The SMILES string of the molecule is CCCC(C)N(C)C(=O)c1cn2c(n1)NCCC2. The monoisotopic (exact) mass is 250 g/mol. The van der Waals surface area contributed by atoms with E-state index in [0.717, 1.165) is 38.3 Å². The summed E-state index contributed by atoms with van der Waals surface area (Å²) in [5.74, 6) is 0.834. The summed E-state index contributed by atoms with van der Waals surface area (Å²) in [6.07, 6.45) is 5.05. The molecule has 1 aliphatic heterocycles. The number of imidazole rings is 1. The van der Waals surface area contributed by atoms with Crippen LogP contribution in [0.15, 0.2) is 6.20 Å². The Morgan fingerprint density at radius 3 is 3.11 bits per heavy atom. The third kappa shape index (κ3) is 2.49. The third-order valence-electron chi connectivity index (χ3n) is 3.54. The van der Waals surface area contributed by atoms with E-state index < -0.39 is 0 Å². The van der Waals surface area contributed by atoms with Gasteiger partial charge in [-0.2, -0.15) is 0 Å². The van der Waals surface area contributed by atoms with Crippen LogP contribution in [0, 0.1) is 0 Å². The normalized spacial score (nSPS) is 15.7. The summed E-state index contributed by atoms with van der Waals surface area (Å²) >= 11 is 0. The Hall–Kier alpha value is -1.52. The molecule has 18 heavy (non-hydrogen) atoms. The van der Waals surface area contributed by atoms with E-state index in [0.29, 0.717) is 5.69 Å². The second kappa shape index (κ2) is 5.42. The van der Waals surface area contributed by atoms with Crippen LogP contribution in [0.2, 0.25) is 0 Å². The van der Waals surface area contributed by atoms with Gasteiger partial charge in [0.2, 0.25) is 5.95 Å². The number of amides is 1. The number of carbonyl (C=O) groups excluding carboxylic acids is 1. The molecule has 5 nitrogen and oxygen atoms in total. The Morgan fingerprint density at radius 2 is 2.44 bits per heavy atom. The molecular weight excluding hydrogens is 228 g/mol. The molecule has 1 aromatic heterocycles. The number of aromatic nitrogens is 2. The lowest BCUT2D eigenvalue weighted by molar-refractivity contribution is 0.0731. The van der Waals surface area contributed by atoms with Crippen molar-refractivity contribution in [3.63, 3.8) is 0 Å². The number of nitrogens with one attached hydrogen (secondary N) is 1. The van der Waals surface area contributed by atoms with Gasteiger partial charge in [-0.15, -0.1) is 0 Å². The van der Waals surface area contributed by atoms with Gasteiger partial charge in [-0.05, 0) is 19.8 Å². The standard InChI is InChI=1S/C13H22N4O/c1-4-6-10(2)16(3)12(18)11-9-17-8-5-7-14-13(17)15-11/h9-10H,4-8H2,1-3H3,(H,14,15). The molecule has 5 heteroatoms. The molecule has 1 amide bonds. The molecule has 2 heterocycles. The average Bonchev–Trinajstić information content (AvgIpc) is 2.81. The Bertz CT molecular complexity index is 403. The molecule has 1 N–H and O–H groups in total. The van der Waals surface area contributed by atoms with Gasteiger partial charge in [-0.3, -0.25) is 4.79 Å². The molecule has 0 aliphatic carbocycles. The fraction of sp³-hybridized carbons (Fsp3) is 0.692. The minimum Gasteiger partial charge on any atom is -0.356 e. The van der Waals surface area contributed by atoms with E-state index >= 15 is 0 Å². The van der Waals surface area contributed by atoms with Gasteiger partial charge in [0.25, 0.3) is 5.91 Å². The highest BCUT2D eigenvalue weighted by Crippen LogP contribution is 2.16. The fourth-order valence-electron chi connectivity index (χ4n) is 2.27. The van der Waals surface area contributed by atoms with Crippen molar-refractivity contribution in [1.82, 2.24) is 14.5 Å². The molecule has 1 atom stereocenters. The summed E-state index contributed by atoms with van der Waals surface area (Å²) in [6, 6.07) is 0.259. The first-order valence-electron chi connectivity index (χ1n) is 6.71. The van der Waals surface area contributed by atoms with Crippen molar-refractivity contribution in [2.75, 3.05) is 18.9 Å². The van der Waals surface area contributed by atoms with Gasteiger partial charge in [-0.25, -0.2) is 4.98 Å².